The number of halogens is 3. The lowest BCUT2D eigenvalue weighted by atomic mass is 10.0. The van der Waals surface area contributed by atoms with Crippen molar-refractivity contribution < 1.29 is 32.6 Å². The van der Waals surface area contributed by atoms with Crippen LogP contribution in [-0.4, -0.2) is 47.1 Å². The number of alkyl halides is 3. The van der Waals surface area contributed by atoms with Crippen LogP contribution in [0.3, 0.4) is 0 Å². The van der Waals surface area contributed by atoms with Gasteiger partial charge in [0.05, 0.1) is 5.56 Å². The van der Waals surface area contributed by atoms with Gasteiger partial charge in [-0.05, 0) is 68.3 Å². The van der Waals surface area contributed by atoms with Gasteiger partial charge in [0.2, 0.25) is 0 Å². The first-order valence-electron chi connectivity index (χ1n) is 9.86. The van der Waals surface area contributed by atoms with Crippen LogP contribution in [0.1, 0.15) is 35.7 Å². The van der Waals surface area contributed by atoms with Crippen molar-refractivity contribution in [2.24, 2.45) is 0 Å². The van der Waals surface area contributed by atoms with Gasteiger partial charge in [-0.2, -0.15) is 13.2 Å². The van der Waals surface area contributed by atoms with Crippen molar-refractivity contribution >= 4 is 11.8 Å². The van der Waals surface area contributed by atoms with Gasteiger partial charge in [0.15, 0.2) is 6.10 Å². The van der Waals surface area contributed by atoms with E-state index in [-0.39, 0.29) is 23.3 Å². The minimum absolute atomic E-state index is 0.103. The van der Waals surface area contributed by atoms with Crippen LogP contribution >= 0.6 is 0 Å². The molecule has 1 atom stereocenters. The Morgan fingerprint density at radius 3 is 2.19 bits per heavy atom. The molecule has 1 fully saturated rings. The highest BCUT2D eigenvalue weighted by molar-refractivity contribution is 5.94. The summed E-state index contributed by atoms with van der Waals surface area (Å²) in [7, 11) is 0. The Hall–Kier alpha value is -3.23. The van der Waals surface area contributed by atoms with Crippen LogP contribution in [-0.2, 0) is 11.0 Å². The Balaban J connectivity index is 1.48. The largest absolute Gasteiger partial charge is 0.508 e. The third kappa shape index (κ3) is 5.90. The number of hydrogen-bond acceptors (Lipinski definition) is 4. The van der Waals surface area contributed by atoms with Crippen molar-refractivity contribution in [3.05, 3.63) is 59.7 Å². The summed E-state index contributed by atoms with van der Waals surface area (Å²) in [6.07, 6.45) is -4.09. The predicted octanol–water partition coefficient (Wildman–Crippen LogP) is 3.60. The highest BCUT2D eigenvalue weighted by Gasteiger charge is 2.31. The zero-order chi connectivity index (χ0) is 22.6. The SMILES string of the molecule is CC(Oc1ccc(O)cc1)C(=O)N1CCC(NC(=O)c2ccc(C(F)(F)F)cc2)CC1. The van der Waals surface area contributed by atoms with E-state index in [1.807, 2.05) is 0 Å². The fraction of sp³-hybridized carbons (Fsp3) is 0.364. The smallest absolute Gasteiger partial charge is 0.416 e. The fourth-order valence-electron chi connectivity index (χ4n) is 3.36. The molecule has 0 spiro atoms. The molecule has 0 saturated carbocycles. The van der Waals surface area contributed by atoms with E-state index in [1.165, 1.54) is 12.1 Å². The minimum Gasteiger partial charge on any atom is -0.508 e. The summed E-state index contributed by atoms with van der Waals surface area (Å²) in [5.41, 5.74) is -0.651. The van der Waals surface area contributed by atoms with Gasteiger partial charge in [0.25, 0.3) is 11.8 Å². The number of phenols is 1. The summed E-state index contributed by atoms with van der Waals surface area (Å²) in [6, 6.07) is 9.97. The van der Waals surface area contributed by atoms with Gasteiger partial charge in [0.1, 0.15) is 11.5 Å². The first-order chi connectivity index (χ1) is 14.6. The normalized spacial score (nSPS) is 15.9. The zero-order valence-corrected chi connectivity index (χ0v) is 16.9. The average Bonchev–Trinajstić information content (AvgIpc) is 2.75. The molecule has 1 aliphatic rings. The molecule has 2 N–H and O–H groups in total. The van der Waals surface area contributed by atoms with Crippen LogP contribution in [0.25, 0.3) is 0 Å². The van der Waals surface area contributed by atoms with Gasteiger partial charge < -0.3 is 20.1 Å². The molecule has 1 saturated heterocycles. The number of aromatic hydroxyl groups is 1. The molecular weight excluding hydrogens is 413 g/mol. The summed E-state index contributed by atoms with van der Waals surface area (Å²) in [5, 5.41) is 12.1. The van der Waals surface area contributed by atoms with Crippen LogP contribution in [0, 0.1) is 0 Å². The number of benzene rings is 2. The highest BCUT2D eigenvalue weighted by Crippen LogP contribution is 2.29. The maximum absolute atomic E-state index is 12.6. The molecule has 9 heteroatoms. The number of rotatable bonds is 5. The topological polar surface area (TPSA) is 78.9 Å². The number of ether oxygens (including phenoxy) is 1. The molecule has 0 radical (unpaired) electrons. The molecule has 1 heterocycles. The quantitative estimate of drug-likeness (QED) is 0.751. The molecule has 2 amide bonds. The number of nitrogens with zero attached hydrogens (tertiary/aromatic N) is 1. The summed E-state index contributed by atoms with van der Waals surface area (Å²) >= 11 is 0. The number of phenolic OH excluding ortho intramolecular Hbond substituents is 1. The molecular formula is C22H23F3N2O4. The van der Waals surface area contributed by atoms with Crippen molar-refractivity contribution in [3.8, 4) is 11.5 Å². The molecule has 3 rings (SSSR count). The number of amides is 2. The summed E-state index contributed by atoms with van der Waals surface area (Å²) in [4.78, 5) is 26.6. The number of likely N-dealkylation sites (tertiary alicyclic amines) is 1. The first-order valence-corrected chi connectivity index (χ1v) is 9.86. The van der Waals surface area contributed by atoms with Crippen molar-refractivity contribution in [2.45, 2.75) is 38.1 Å². The second kappa shape index (κ2) is 9.28. The van der Waals surface area contributed by atoms with Crippen molar-refractivity contribution in [1.29, 1.82) is 0 Å². The predicted molar refractivity (Wildman–Crippen MR) is 107 cm³/mol. The van der Waals surface area contributed by atoms with E-state index >= 15 is 0 Å². The Labute approximate surface area is 177 Å². The van der Waals surface area contributed by atoms with Crippen LogP contribution in [0.4, 0.5) is 13.2 Å². The Morgan fingerprint density at radius 1 is 1.06 bits per heavy atom. The van der Waals surface area contributed by atoms with Crippen LogP contribution in [0.15, 0.2) is 48.5 Å². The van der Waals surface area contributed by atoms with Crippen LogP contribution in [0.5, 0.6) is 11.5 Å². The third-order valence-electron chi connectivity index (χ3n) is 5.11. The van der Waals surface area contributed by atoms with E-state index in [4.69, 9.17) is 4.74 Å². The summed E-state index contributed by atoms with van der Waals surface area (Å²) in [5.74, 6) is -0.0489. The third-order valence-corrected chi connectivity index (χ3v) is 5.11. The summed E-state index contributed by atoms with van der Waals surface area (Å²) in [6.45, 7) is 2.51. The maximum Gasteiger partial charge on any atom is 0.416 e. The van der Waals surface area contributed by atoms with Crippen LogP contribution < -0.4 is 10.1 Å². The number of carbonyl (C=O) groups is 2. The molecule has 0 bridgehead atoms. The lowest BCUT2D eigenvalue weighted by molar-refractivity contribution is -0.139. The molecule has 2 aromatic carbocycles. The van der Waals surface area contributed by atoms with E-state index in [0.717, 1.165) is 24.3 Å². The molecule has 0 aliphatic carbocycles. The number of nitrogens with one attached hydrogen (secondary N) is 1. The number of piperidine rings is 1. The molecule has 2 aromatic rings. The lowest BCUT2D eigenvalue weighted by Crippen LogP contribution is -2.49. The Bertz CT molecular complexity index is 906. The van der Waals surface area contributed by atoms with E-state index < -0.39 is 23.8 Å². The first kappa shape index (κ1) is 22.5. The molecule has 0 aromatic heterocycles. The average molecular weight is 436 g/mol. The molecule has 6 nitrogen and oxygen atoms in total. The maximum atomic E-state index is 12.6. The van der Waals surface area contributed by atoms with E-state index in [9.17, 15) is 27.9 Å². The van der Waals surface area contributed by atoms with Gasteiger partial charge in [-0.25, -0.2) is 0 Å². The van der Waals surface area contributed by atoms with Crippen molar-refractivity contribution in [1.82, 2.24) is 10.2 Å². The second-order valence-electron chi connectivity index (χ2n) is 7.40. The van der Waals surface area contributed by atoms with Crippen molar-refractivity contribution in [2.75, 3.05) is 13.1 Å². The second-order valence-corrected chi connectivity index (χ2v) is 7.40. The van der Waals surface area contributed by atoms with Gasteiger partial charge in [-0.1, -0.05) is 0 Å². The van der Waals surface area contributed by atoms with Gasteiger partial charge in [0, 0.05) is 24.7 Å². The highest BCUT2D eigenvalue weighted by atomic mass is 19.4. The van der Waals surface area contributed by atoms with E-state index in [0.29, 0.717) is 31.7 Å². The molecule has 166 valence electrons. The van der Waals surface area contributed by atoms with E-state index in [2.05, 4.69) is 5.32 Å². The van der Waals surface area contributed by atoms with Gasteiger partial charge in [-0.15, -0.1) is 0 Å². The number of carbonyl (C=O) groups excluding carboxylic acids is 2. The molecule has 31 heavy (non-hydrogen) atoms. The Morgan fingerprint density at radius 2 is 1.65 bits per heavy atom. The molecule has 1 aliphatic heterocycles. The standard InChI is InChI=1S/C22H23F3N2O4/c1-14(31-19-8-6-18(28)7-9-19)21(30)27-12-10-17(11-13-27)26-20(29)15-2-4-16(5-3-15)22(23,24)25/h2-9,14,17,28H,10-13H2,1H3,(H,26,29). The van der Waals surface area contributed by atoms with Gasteiger partial charge in [-0.3, -0.25) is 9.59 Å². The Kier molecular flexibility index (Phi) is 6.72. The lowest BCUT2D eigenvalue weighted by Gasteiger charge is -2.33. The fourth-order valence-corrected chi connectivity index (χ4v) is 3.36. The minimum atomic E-state index is -4.45. The number of hydrogen-bond donors (Lipinski definition) is 2. The van der Waals surface area contributed by atoms with Gasteiger partial charge >= 0.3 is 6.18 Å². The summed E-state index contributed by atoms with van der Waals surface area (Å²) < 4.78 is 43.5. The monoisotopic (exact) mass is 436 g/mol. The zero-order valence-electron chi connectivity index (χ0n) is 16.9. The van der Waals surface area contributed by atoms with E-state index in [1.54, 1.807) is 24.0 Å². The van der Waals surface area contributed by atoms with Crippen LogP contribution in [0.2, 0.25) is 0 Å². The van der Waals surface area contributed by atoms with Crippen molar-refractivity contribution in [3.63, 3.8) is 0 Å². The molecule has 1 unspecified atom stereocenters.